The second kappa shape index (κ2) is 6.57. The zero-order chi connectivity index (χ0) is 18.3. The zero-order valence-electron chi connectivity index (χ0n) is 15.2. The van der Waals surface area contributed by atoms with Crippen LogP contribution in [-0.2, 0) is 18.4 Å². The van der Waals surface area contributed by atoms with Crippen LogP contribution in [0.15, 0.2) is 35.3 Å². The Kier molecular flexibility index (Phi) is 4.24. The molecular formula is C19H23N5O2. The smallest absolute Gasteiger partial charge is 0.291 e. The first-order valence-electron chi connectivity index (χ1n) is 9.03. The summed E-state index contributed by atoms with van der Waals surface area (Å²) >= 11 is 0. The predicted molar refractivity (Wildman–Crippen MR) is 101 cm³/mol. The van der Waals surface area contributed by atoms with Crippen LogP contribution < -0.4 is 5.56 Å². The van der Waals surface area contributed by atoms with E-state index in [1.54, 1.807) is 6.20 Å². The second-order valence-corrected chi connectivity index (χ2v) is 6.76. The molecule has 0 atom stereocenters. The van der Waals surface area contributed by atoms with Crippen LogP contribution in [0.2, 0.25) is 0 Å². The molecule has 0 N–H and O–H groups in total. The van der Waals surface area contributed by atoms with E-state index in [-0.39, 0.29) is 18.0 Å². The van der Waals surface area contributed by atoms with E-state index >= 15 is 0 Å². The molecule has 0 aliphatic carbocycles. The largest absolute Gasteiger partial charge is 0.339 e. The molecule has 1 aromatic carbocycles. The van der Waals surface area contributed by atoms with Crippen LogP contribution >= 0.6 is 0 Å². The third-order valence-electron chi connectivity index (χ3n) is 5.37. The summed E-state index contributed by atoms with van der Waals surface area (Å²) in [5.74, 6) is -0.0477. The van der Waals surface area contributed by atoms with Crippen LogP contribution in [-0.4, -0.2) is 62.8 Å². The number of para-hydroxylation sites is 1. The van der Waals surface area contributed by atoms with Gasteiger partial charge in [-0.3, -0.25) is 9.59 Å². The van der Waals surface area contributed by atoms with E-state index in [4.69, 9.17) is 0 Å². The van der Waals surface area contributed by atoms with E-state index in [0.717, 1.165) is 35.9 Å². The lowest BCUT2D eigenvalue weighted by atomic mass is 10.2. The average Bonchev–Trinajstić information content (AvgIpc) is 2.97. The molecule has 7 heteroatoms. The summed E-state index contributed by atoms with van der Waals surface area (Å²) in [5.41, 5.74) is 1.35. The van der Waals surface area contributed by atoms with Crippen LogP contribution in [0.3, 0.4) is 0 Å². The van der Waals surface area contributed by atoms with E-state index < -0.39 is 0 Å². The van der Waals surface area contributed by atoms with Crippen LogP contribution in [0.25, 0.3) is 21.8 Å². The van der Waals surface area contributed by atoms with E-state index in [9.17, 15) is 9.59 Å². The van der Waals surface area contributed by atoms with E-state index in [1.807, 2.05) is 40.8 Å². The number of aromatic nitrogens is 3. The number of carbonyl (C=O) groups is 1. The molecule has 4 rings (SSSR count). The van der Waals surface area contributed by atoms with Crippen molar-refractivity contribution >= 4 is 27.7 Å². The molecule has 136 valence electrons. The molecule has 0 bridgehead atoms. The Morgan fingerprint density at radius 2 is 1.85 bits per heavy atom. The fraction of sp³-hybridized carbons (Fsp3) is 0.421. The van der Waals surface area contributed by atoms with Gasteiger partial charge in [0.05, 0.1) is 6.20 Å². The van der Waals surface area contributed by atoms with Crippen molar-refractivity contribution in [1.82, 2.24) is 24.1 Å². The van der Waals surface area contributed by atoms with Gasteiger partial charge in [0.1, 0.15) is 12.1 Å². The van der Waals surface area contributed by atoms with Crippen molar-refractivity contribution < 1.29 is 4.79 Å². The van der Waals surface area contributed by atoms with Gasteiger partial charge in [-0.15, -0.1) is 0 Å². The Bertz CT molecular complexity index is 1030. The lowest BCUT2D eigenvalue weighted by molar-refractivity contribution is -0.133. The van der Waals surface area contributed by atoms with Crippen molar-refractivity contribution in [3.8, 4) is 0 Å². The van der Waals surface area contributed by atoms with Gasteiger partial charge in [0.25, 0.3) is 5.56 Å². The van der Waals surface area contributed by atoms with Gasteiger partial charge in [-0.2, -0.15) is 5.10 Å². The number of benzene rings is 1. The highest BCUT2D eigenvalue weighted by atomic mass is 16.2. The first kappa shape index (κ1) is 16.8. The molecule has 0 spiro atoms. The van der Waals surface area contributed by atoms with Gasteiger partial charge in [-0.25, -0.2) is 4.68 Å². The molecule has 2 aromatic heterocycles. The Morgan fingerprint density at radius 3 is 2.58 bits per heavy atom. The van der Waals surface area contributed by atoms with Gasteiger partial charge in [0, 0.05) is 49.5 Å². The number of rotatable bonds is 3. The molecule has 0 saturated carbocycles. The number of fused-ring (bicyclic) bond motifs is 3. The molecule has 0 unspecified atom stereocenters. The molecule has 1 aliphatic rings. The van der Waals surface area contributed by atoms with Crippen molar-refractivity contribution in [2.45, 2.75) is 13.5 Å². The van der Waals surface area contributed by atoms with E-state index in [2.05, 4.69) is 16.9 Å². The molecule has 26 heavy (non-hydrogen) atoms. The molecule has 0 radical (unpaired) electrons. The van der Waals surface area contributed by atoms with Gasteiger partial charge in [-0.1, -0.05) is 25.1 Å². The highest BCUT2D eigenvalue weighted by molar-refractivity contribution is 6.07. The van der Waals surface area contributed by atoms with Crippen LogP contribution in [0, 0.1) is 0 Å². The Hall–Kier alpha value is -2.67. The monoisotopic (exact) mass is 353 g/mol. The Morgan fingerprint density at radius 1 is 1.12 bits per heavy atom. The number of aryl methyl sites for hydroxylation is 1. The van der Waals surface area contributed by atoms with Crippen molar-refractivity contribution in [3.63, 3.8) is 0 Å². The summed E-state index contributed by atoms with van der Waals surface area (Å²) in [7, 11) is 1.88. The molecular weight excluding hydrogens is 330 g/mol. The fourth-order valence-corrected chi connectivity index (χ4v) is 3.77. The van der Waals surface area contributed by atoms with E-state index in [1.165, 1.54) is 4.68 Å². The minimum absolute atomic E-state index is 0.0115. The standard InChI is InChI=1S/C19H23N5O2/c1-3-22-8-10-23(11-9-22)17(25)13-24-19(26)18-15(12-20-24)14-6-4-5-7-16(14)21(18)2/h4-7,12H,3,8-11,13H2,1-2H3. The number of nitrogens with zero attached hydrogens (tertiary/aromatic N) is 5. The predicted octanol–water partition coefficient (Wildman–Crippen LogP) is 1.05. The summed E-state index contributed by atoms with van der Waals surface area (Å²) in [6.45, 7) is 6.29. The molecule has 1 fully saturated rings. The Balaban J connectivity index is 1.64. The van der Waals surface area contributed by atoms with E-state index in [0.29, 0.717) is 18.6 Å². The maximum Gasteiger partial charge on any atom is 0.291 e. The van der Waals surface area contributed by atoms with Crippen LogP contribution in [0.4, 0.5) is 0 Å². The minimum Gasteiger partial charge on any atom is -0.339 e. The summed E-state index contributed by atoms with van der Waals surface area (Å²) in [6, 6.07) is 7.87. The second-order valence-electron chi connectivity index (χ2n) is 6.76. The number of amides is 1. The topological polar surface area (TPSA) is 63.4 Å². The summed E-state index contributed by atoms with van der Waals surface area (Å²) in [6.07, 6.45) is 1.70. The molecule has 3 aromatic rings. The van der Waals surface area contributed by atoms with Gasteiger partial charge in [0.15, 0.2) is 0 Å². The first-order valence-corrected chi connectivity index (χ1v) is 9.03. The van der Waals surface area contributed by atoms with Gasteiger partial charge in [0.2, 0.25) is 5.91 Å². The summed E-state index contributed by atoms with van der Waals surface area (Å²) in [4.78, 5) is 29.7. The van der Waals surface area contributed by atoms with Crippen molar-refractivity contribution in [3.05, 3.63) is 40.8 Å². The normalized spacial score (nSPS) is 15.8. The number of piperazine rings is 1. The zero-order valence-corrected chi connectivity index (χ0v) is 15.2. The van der Waals surface area contributed by atoms with Crippen molar-refractivity contribution in [2.24, 2.45) is 7.05 Å². The van der Waals surface area contributed by atoms with Crippen molar-refractivity contribution in [1.29, 1.82) is 0 Å². The van der Waals surface area contributed by atoms with Crippen molar-refractivity contribution in [2.75, 3.05) is 32.7 Å². The third kappa shape index (κ3) is 2.68. The van der Waals surface area contributed by atoms with Crippen LogP contribution in [0.1, 0.15) is 6.92 Å². The lowest BCUT2D eigenvalue weighted by Gasteiger charge is -2.34. The minimum atomic E-state index is -0.221. The first-order chi connectivity index (χ1) is 12.6. The lowest BCUT2D eigenvalue weighted by Crippen LogP contribution is -2.50. The number of hydrogen-bond donors (Lipinski definition) is 0. The Labute approximate surface area is 151 Å². The molecule has 3 heterocycles. The highest BCUT2D eigenvalue weighted by Crippen LogP contribution is 2.24. The highest BCUT2D eigenvalue weighted by Gasteiger charge is 2.22. The van der Waals surface area contributed by atoms with Gasteiger partial charge in [-0.05, 0) is 12.6 Å². The van der Waals surface area contributed by atoms with Gasteiger partial charge >= 0.3 is 0 Å². The number of carbonyl (C=O) groups excluding carboxylic acids is 1. The van der Waals surface area contributed by atoms with Gasteiger partial charge < -0.3 is 14.4 Å². The molecule has 1 saturated heterocycles. The van der Waals surface area contributed by atoms with Crippen LogP contribution in [0.5, 0.6) is 0 Å². The average molecular weight is 353 g/mol. The third-order valence-corrected chi connectivity index (χ3v) is 5.37. The number of hydrogen-bond acceptors (Lipinski definition) is 4. The summed E-state index contributed by atoms with van der Waals surface area (Å²) < 4.78 is 3.17. The quantitative estimate of drug-likeness (QED) is 0.706. The molecule has 1 aliphatic heterocycles. The molecule has 1 amide bonds. The molecule has 7 nitrogen and oxygen atoms in total. The SMILES string of the molecule is CCN1CCN(C(=O)Cn2ncc3c4ccccc4n(C)c3c2=O)CC1. The summed E-state index contributed by atoms with van der Waals surface area (Å²) in [5, 5.41) is 6.10. The number of likely N-dealkylation sites (N-methyl/N-ethyl adjacent to an activating group) is 1. The maximum absolute atomic E-state index is 12.9. The maximum atomic E-state index is 12.9. The fourth-order valence-electron chi connectivity index (χ4n) is 3.77.